The van der Waals surface area contributed by atoms with Crippen LogP contribution in [0.5, 0.6) is 5.75 Å². The van der Waals surface area contributed by atoms with Gasteiger partial charge in [0.05, 0.1) is 11.0 Å². The van der Waals surface area contributed by atoms with E-state index in [4.69, 9.17) is 10.1 Å². The number of ether oxygens (including phenoxy) is 1. The van der Waals surface area contributed by atoms with E-state index in [2.05, 4.69) is 40.7 Å². The lowest BCUT2D eigenvalue weighted by Crippen LogP contribution is -2.38. The number of aliphatic carboxylic acids is 1. The van der Waals surface area contributed by atoms with E-state index in [1.807, 2.05) is 0 Å². The number of carboxylic acids is 1. The van der Waals surface area contributed by atoms with Crippen LogP contribution in [0.1, 0.15) is 63.4 Å². The maximum absolute atomic E-state index is 12.6. The summed E-state index contributed by atoms with van der Waals surface area (Å²) >= 11 is 0. The number of hydrogen-bond acceptors (Lipinski definition) is 5. The summed E-state index contributed by atoms with van der Waals surface area (Å²) in [4.78, 5) is 28.5. The number of nitrogens with one attached hydrogen (secondary N) is 2. The summed E-state index contributed by atoms with van der Waals surface area (Å²) in [5, 5.41) is 14.8. The monoisotopic (exact) mass is 532 g/mol. The van der Waals surface area contributed by atoms with E-state index in [0.29, 0.717) is 23.1 Å². The van der Waals surface area contributed by atoms with Crippen molar-refractivity contribution in [2.45, 2.75) is 65.4 Å². The zero-order valence-electron chi connectivity index (χ0n) is 21.6. The van der Waals surface area contributed by atoms with Gasteiger partial charge in [0.15, 0.2) is 0 Å². The first kappa shape index (κ1) is 27.3. The van der Waals surface area contributed by atoms with Crippen LogP contribution >= 0.6 is 0 Å². The highest BCUT2D eigenvalue weighted by Crippen LogP contribution is 2.46. The second-order valence-corrected chi connectivity index (χ2v) is 10.8. The molecule has 3 N–H and O–H groups in total. The highest BCUT2D eigenvalue weighted by atomic mass is 19.4. The third-order valence-electron chi connectivity index (χ3n) is 6.74. The molecule has 2 aromatic carbocycles. The van der Waals surface area contributed by atoms with Gasteiger partial charge in [-0.3, -0.25) is 9.59 Å². The number of anilines is 2. The molecule has 0 radical (unpaired) electrons. The van der Waals surface area contributed by atoms with Crippen LogP contribution in [0.2, 0.25) is 0 Å². The van der Waals surface area contributed by atoms with E-state index in [9.17, 15) is 22.8 Å². The van der Waals surface area contributed by atoms with Crippen molar-refractivity contribution >= 4 is 34.5 Å². The molecular weight excluding hydrogens is 501 g/mol. The molecule has 3 aromatic rings. The van der Waals surface area contributed by atoms with E-state index in [0.717, 1.165) is 24.8 Å². The molecule has 4 rings (SSSR count). The minimum absolute atomic E-state index is 0.0968. The molecule has 204 valence electrons. The summed E-state index contributed by atoms with van der Waals surface area (Å²) in [6.45, 7) is 8.05. The minimum Gasteiger partial charge on any atom is -0.480 e. The van der Waals surface area contributed by atoms with Crippen molar-refractivity contribution in [1.29, 1.82) is 0 Å². The number of aromatic nitrogens is 2. The molecule has 1 unspecified atom stereocenters. The van der Waals surface area contributed by atoms with Crippen LogP contribution in [0.15, 0.2) is 42.5 Å². The lowest BCUT2D eigenvalue weighted by atomic mass is 9.70. The van der Waals surface area contributed by atoms with Gasteiger partial charge in [-0.2, -0.15) is 0 Å². The Morgan fingerprint density at radius 3 is 2.45 bits per heavy atom. The van der Waals surface area contributed by atoms with Crippen LogP contribution in [0.3, 0.4) is 0 Å². The number of hydrogen-bond donors (Lipinski definition) is 3. The number of nitrogens with zero attached hydrogens (tertiary/aromatic N) is 2. The molecule has 1 heterocycles. The molecule has 1 aromatic heterocycles. The number of fused-ring (bicyclic) bond motifs is 1. The summed E-state index contributed by atoms with van der Waals surface area (Å²) in [6.07, 6.45) is -1.88. The van der Waals surface area contributed by atoms with Crippen LogP contribution in [0.25, 0.3) is 11.0 Å². The van der Waals surface area contributed by atoms with Gasteiger partial charge in [0.2, 0.25) is 5.95 Å². The fourth-order valence-corrected chi connectivity index (χ4v) is 5.40. The van der Waals surface area contributed by atoms with Gasteiger partial charge in [-0.15, -0.1) is 13.2 Å². The largest absolute Gasteiger partial charge is 0.573 e. The molecule has 0 saturated heterocycles. The molecule has 11 heteroatoms. The summed E-state index contributed by atoms with van der Waals surface area (Å²) < 4.78 is 43.7. The Labute approximate surface area is 218 Å². The predicted molar refractivity (Wildman–Crippen MR) is 137 cm³/mol. The number of imidazole rings is 1. The summed E-state index contributed by atoms with van der Waals surface area (Å²) in [7, 11) is 0. The second kappa shape index (κ2) is 10.2. The number of alkyl halides is 3. The lowest BCUT2D eigenvalue weighted by Gasteiger charge is -2.40. The van der Waals surface area contributed by atoms with Gasteiger partial charge in [0, 0.05) is 17.3 Å². The molecule has 8 nitrogen and oxygen atoms in total. The SMILES string of the molecule is C[C@H]1CC(n2c(Nc3ccc(OC(F)(F)F)cc3)nc3cc(C(=O)N[C@@H](C)C(=O)O)ccc32)CC(C)(C)C1. The Kier molecular flexibility index (Phi) is 7.31. The smallest absolute Gasteiger partial charge is 0.480 e. The van der Waals surface area contributed by atoms with E-state index in [1.165, 1.54) is 31.2 Å². The highest BCUT2D eigenvalue weighted by Gasteiger charge is 2.35. The molecule has 3 atom stereocenters. The van der Waals surface area contributed by atoms with Crippen molar-refractivity contribution in [3.8, 4) is 5.75 Å². The van der Waals surface area contributed by atoms with Gasteiger partial charge in [0.25, 0.3) is 5.91 Å². The summed E-state index contributed by atoms with van der Waals surface area (Å²) in [5.74, 6) is -1.04. The predicted octanol–water partition coefficient (Wildman–Crippen LogP) is 6.27. The van der Waals surface area contributed by atoms with E-state index in [1.54, 1.807) is 18.2 Å². The van der Waals surface area contributed by atoms with Gasteiger partial charge in [-0.1, -0.05) is 20.8 Å². The van der Waals surface area contributed by atoms with Crippen LogP contribution < -0.4 is 15.4 Å². The Morgan fingerprint density at radius 1 is 1.16 bits per heavy atom. The quantitative estimate of drug-likeness (QED) is 0.331. The van der Waals surface area contributed by atoms with Crippen molar-refractivity contribution < 1.29 is 32.6 Å². The number of benzene rings is 2. The van der Waals surface area contributed by atoms with Crippen LogP contribution in [-0.4, -0.2) is 38.9 Å². The van der Waals surface area contributed by atoms with Crippen molar-refractivity contribution in [2.24, 2.45) is 11.3 Å². The van der Waals surface area contributed by atoms with Crippen molar-refractivity contribution in [3.63, 3.8) is 0 Å². The minimum atomic E-state index is -4.78. The van der Waals surface area contributed by atoms with Crippen LogP contribution in [0, 0.1) is 11.3 Å². The fraction of sp³-hybridized carbons (Fsp3) is 0.444. The number of carboxylic acid groups (broad SMARTS) is 1. The average molecular weight is 533 g/mol. The zero-order chi connectivity index (χ0) is 27.8. The maximum Gasteiger partial charge on any atom is 0.573 e. The lowest BCUT2D eigenvalue weighted by molar-refractivity contribution is -0.274. The van der Waals surface area contributed by atoms with E-state index >= 15 is 0 Å². The molecule has 1 aliphatic carbocycles. The molecule has 1 aliphatic rings. The highest BCUT2D eigenvalue weighted by molar-refractivity contribution is 5.99. The molecule has 0 bridgehead atoms. The molecule has 1 fully saturated rings. The number of amides is 1. The molecule has 0 spiro atoms. The zero-order valence-corrected chi connectivity index (χ0v) is 21.6. The summed E-state index contributed by atoms with van der Waals surface area (Å²) in [5.41, 5.74) is 2.22. The van der Waals surface area contributed by atoms with Crippen LogP contribution in [0.4, 0.5) is 24.8 Å². The topological polar surface area (TPSA) is 105 Å². The first-order valence-electron chi connectivity index (χ1n) is 12.4. The van der Waals surface area contributed by atoms with E-state index in [-0.39, 0.29) is 22.8 Å². The Balaban J connectivity index is 1.71. The van der Waals surface area contributed by atoms with E-state index < -0.39 is 24.3 Å². The van der Waals surface area contributed by atoms with Gasteiger partial charge in [-0.25, -0.2) is 4.98 Å². The van der Waals surface area contributed by atoms with Gasteiger partial charge in [0.1, 0.15) is 11.8 Å². The molecule has 1 amide bonds. The Hall–Kier alpha value is -3.76. The number of halogens is 3. The third kappa shape index (κ3) is 6.38. The van der Waals surface area contributed by atoms with Crippen LogP contribution in [-0.2, 0) is 4.79 Å². The Morgan fingerprint density at radius 2 is 1.84 bits per heavy atom. The standard InChI is InChI=1S/C27H31F3N4O4/c1-15-11-19(14-26(3,4)13-15)34-22-10-5-17(23(35)31-16(2)24(36)37)12-21(22)33-25(34)32-18-6-8-20(9-7-18)38-27(28,29)30/h5-10,12,15-16,19H,11,13-14H2,1-4H3,(H,31,35)(H,32,33)(H,36,37)/t15-,16-,19?/m0/s1. The third-order valence-corrected chi connectivity index (χ3v) is 6.74. The average Bonchev–Trinajstić information content (AvgIpc) is 3.15. The fourth-order valence-electron chi connectivity index (χ4n) is 5.40. The summed E-state index contributed by atoms with van der Waals surface area (Å²) in [6, 6.07) is 9.48. The van der Waals surface area contributed by atoms with Crippen molar-refractivity contribution in [3.05, 3.63) is 48.0 Å². The Bertz CT molecular complexity index is 1330. The molecule has 0 aliphatic heterocycles. The number of carbonyl (C=O) groups excluding carboxylic acids is 1. The van der Waals surface area contributed by atoms with Gasteiger partial charge < -0.3 is 25.0 Å². The second-order valence-electron chi connectivity index (χ2n) is 10.8. The molecule has 38 heavy (non-hydrogen) atoms. The first-order valence-corrected chi connectivity index (χ1v) is 12.4. The molecule has 1 saturated carbocycles. The molecular formula is C27H31F3N4O4. The first-order chi connectivity index (χ1) is 17.7. The van der Waals surface area contributed by atoms with Gasteiger partial charge in [-0.05, 0) is 80.0 Å². The maximum atomic E-state index is 12.6. The van der Waals surface area contributed by atoms with Crippen molar-refractivity contribution in [1.82, 2.24) is 14.9 Å². The van der Waals surface area contributed by atoms with Gasteiger partial charge >= 0.3 is 12.3 Å². The number of carbonyl (C=O) groups is 2. The number of rotatable bonds is 7. The normalized spacial score (nSPS) is 20.1. The van der Waals surface area contributed by atoms with Crippen molar-refractivity contribution in [2.75, 3.05) is 5.32 Å².